The van der Waals surface area contributed by atoms with Crippen LogP contribution < -0.4 is 0 Å². The van der Waals surface area contributed by atoms with Crippen molar-refractivity contribution in [3.05, 3.63) is 48.6 Å². The van der Waals surface area contributed by atoms with Gasteiger partial charge in [0.15, 0.2) is 6.10 Å². The van der Waals surface area contributed by atoms with E-state index in [1.54, 1.807) is 0 Å². The summed E-state index contributed by atoms with van der Waals surface area (Å²) >= 11 is 0. The Bertz CT molecular complexity index is 1070. The molecule has 0 aromatic carbocycles. The molecule has 6 heteroatoms. The highest BCUT2D eigenvalue weighted by atomic mass is 16.6. The number of hydrogen-bond donors (Lipinski definition) is 0. The van der Waals surface area contributed by atoms with Crippen LogP contribution in [0, 0.1) is 0 Å². The van der Waals surface area contributed by atoms with E-state index in [1.807, 2.05) is 0 Å². The first-order chi connectivity index (χ1) is 30.0. The highest BCUT2D eigenvalue weighted by Gasteiger charge is 2.19. The van der Waals surface area contributed by atoms with Gasteiger partial charge in [-0.3, -0.25) is 14.4 Å². The minimum Gasteiger partial charge on any atom is -0.462 e. The summed E-state index contributed by atoms with van der Waals surface area (Å²) in [5, 5.41) is 0. The van der Waals surface area contributed by atoms with E-state index >= 15 is 0 Å². The number of hydrogen-bond acceptors (Lipinski definition) is 6. The SMILES string of the molecule is CC/C=C\C/C=C\C/C=C\C/C=C\CCCCCC(=O)OCC(COC(=O)CCCCCCCCCCCCC)OC(=O)CCCCCCCCCCCCCCCCCC. The van der Waals surface area contributed by atoms with Gasteiger partial charge in [0.2, 0.25) is 0 Å². The number of allylic oxidation sites excluding steroid dienone is 8. The second-order valence-electron chi connectivity index (χ2n) is 17.4. The van der Waals surface area contributed by atoms with Crippen LogP contribution in [-0.2, 0) is 28.6 Å². The second-order valence-corrected chi connectivity index (χ2v) is 17.4. The van der Waals surface area contributed by atoms with Gasteiger partial charge in [-0.15, -0.1) is 0 Å². The van der Waals surface area contributed by atoms with Crippen molar-refractivity contribution in [1.29, 1.82) is 0 Å². The number of rotatable bonds is 47. The van der Waals surface area contributed by atoms with Gasteiger partial charge >= 0.3 is 17.9 Å². The van der Waals surface area contributed by atoms with Gasteiger partial charge in [0, 0.05) is 19.3 Å². The lowest BCUT2D eigenvalue weighted by Crippen LogP contribution is -2.30. The molecule has 0 fully saturated rings. The molecule has 61 heavy (non-hydrogen) atoms. The molecule has 0 rings (SSSR count). The number of carbonyl (C=O) groups excluding carboxylic acids is 3. The lowest BCUT2D eigenvalue weighted by molar-refractivity contribution is -0.167. The van der Waals surface area contributed by atoms with Gasteiger partial charge in [0.05, 0.1) is 0 Å². The van der Waals surface area contributed by atoms with E-state index in [4.69, 9.17) is 14.2 Å². The van der Waals surface area contributed by atoms with E-state index in [0.29, 0.717) is 19.3 Å². The molecule has 354 valence electrons. The van der Waals surface area contributed by atoms with Crippen LogP contribution in [0.3, 0.4) is 0 Å². The van der Waals surface area contributed by atoms with Crippen LogP contribution in [0.4, 0.5) is 0 Å². The van der Waals surface area contributed by atoms with E-state index in [1.165, 1.54) is 135 Å². The van der Waals surface area contributed by atoms with Crippen molar-refractivity contribution >= 4 is 17.9 Å². The Labute approximate surface area is 378 Å². The smallest absolute Gasteiger partial charge is 0.306 e. The van der Waals surface area contributed by atoms with Crippen molar-refractivity contribution in [2.24, 2.45) is 0 Å². The third-order valence-electron chi connectivity index (χ3n) is 11.3. The fourth-order valence-electron chi connectivity index (χ4n) is 7.43. The van der Waals surface area contributed by atoms with Gasteiger partial charge in [-0.1, -0.05) is 236 Å². The first-order valence-corrected chi connectivity index (χ1v) is 26.1. The van der Waals surface area contributed by atoms with Gasteiger partial charge in [-0.2, -0.15) is 0 Å². The molecule has 0 aliphatic heterocycles. The molecule has 0 heterocycles. The average molecular weight is 855 g/mol. The van der Waals surface area contributed by atoms with E-state index < -0.39 is 6.10 Å². The maximum Gasteiger partial charge on any atom is 0.306 e. The van der Waals surface area contributed by atoms with Crippen LogP contribution in [0.25, 0.3) is 0 Å². The number of esters is 3. The van der Waals surface area contributed by atoms with E-state index in [0.717, 1.165) is 89.9 Å². The van der Waals surface area contributed by atoms with Gasteiger partial charge in [0.25, 0.3) is 0 Å². The van der Waals surface area contributed by atoms with Crippen molar-refractivity contribution in [3.8, 4) is 0 Å². The Kier molecular flexibility index (Phi) is 47.9. The molecule has 0 bridgehead atoms. The molecule has 0 amide bonds. The molecule has 1 unspecified atom stereocenters. The summed E-state index contributed by atoms with van der Waals surface area (Å²) in [5.41, 5.74) is 0. The number of carbonyl (C=O) groups is 3. The highest BCUT2D eigenvalue weighted by Crippen LogP contribution is 2.16. The Morgan fingerprint density at radius 3 is 1.00 bits per heavy atom. The second kappa shape index (κ2) is 50.0. The van der Waals surface area contributed by atoms with Crippen molar-refractivity contribution in [2.45, 2.75) is 271 Å². The van der Waals surface area contributed by atoms with Gasteiger partial charge in [-0.05, 0) is 57.8 Å². The highest BCUT2D eigenvalue weighted by molar-refractivity contribution is 5.71. The quantitative estimate of drug-likeness (QED) is 0.0263. The van der Waals surface area contributed by atoms with Crippen LogP contribution in [0.2, 0.25) is 0 Å². The molecule has 0 aliphatic rings. The summed E-state index contributed by atoms with van der Waals surface area (Å²) in [7, 11) is 0. The summed E-state index contributed by atoms with van der Waals surface area (Å²) in [6.45, 7) is 6.51. The van der Waals surface area contributed by atoms with Crippen LogP contribution in [0.1, 0.15) is 265 Å². The molecule has 0 aliphatic carbocycles. The summed E-state index contributed by atoms with van der Waals surface area (Å²) in [5.74, 6) is -0.903. The maximum absolute atomic E-state index is 12.8. The summed E-state index contributed by atoms with van der Waals surface area (Å²) in [6, 6.07) is 0. The van der Waals surface area contributed by atoms with E-state index in [9.17, 15) is 14.4 Å². The number of unbranched alkanes of at least 4 members (excludes halogenated alkanes) is 28. The minimum absolute atomic E-state index is 0.0797. The average Bonchev–Trinajstić information content (AvgIpc) is 3.26. The first kappa shape index (κ1) is 58.4. The minimum atomic E-state index is -0.781. The lowest BCUT2D eigenvalue weighted by atomic mass is 10.0. The topological polar surface area (TPSA) is 78.9 Å². The predicted molar refractivity (Wildman–Crippen MR) is 261 cm³/mol. The Hall–Kier alpha value is -2.63. The van der Waals surface area contributed by atoms with Gasteiger partial charge < -0.3 is 14.2 Å². The fraction of sp³-hybridized carbons (Fsp3) is 0.800. The monoisotopic (exact) mass is 855 g/mol. The lowest BCUT2D eigenvalue weighted by Gasteiger charge is -2.18. The third-order valence-corrected chi connectivity index (χ3v) is 11.3. The van der Waals surface area contributed by atoms with Crippen molar-refractivity contribution in [2.75, 3.05) is 13.2 Å². The van der Waals surface area contributed by atoms with Crippen molar-refractivity contribution < 1.29 is 28.6 Å². The molecule has 0 radical (unpaired) electrons. The summed E-state index contributed by atoms with van der Waals surface area (Å²) in [6.07, 6.45) is 59.5. The fourth-order valence-corrected chi connectivity index (χ4v) is 7.43. The zero-order valence-corrected chi connectivity index (χ0v) is 40.4. The molecular weight excluding hydrogens is 757 g/mol. The van der Waals surface area contributed by atoms with E-state index in [-0.39, 0.29) is 31.1 Å². The molecular formula is C55H98O6. The van der Waals surface area contributed by atoms with Gasteiger partial charge in [-0.25, -0.2) is 0 Å². The third kappa shape index (κ3) is 48.3. The summed E-state index contributed by atoms with van der Waals surface area (Å²) < 4.78 is 16.8. The maximum atomic E-state index is 12.8. The molecule has 0 saturated carbocycles. The molecule has 1 atom stereocenters. The van der Waals surface area contributed by atoms with Crippen LogP contribution >= 0.6 is 0 Å². The van der Waals surface area contributed by atoms with Crippen molar-refractivity contribution in [1.82, 2.24) is 0 Å². The molecule has 0 aromatic rings. The zero-order valence-electron chi connectivity index (χ0n) is 40.4. The number of ether oxygens (including phenoxy) is 3. The summed E-state index contributed by atoms with van der Waals surface area (Å²) in [4.78, 5) is 37.9. The van der Waals surface area contributed by atoms with Crippen LogP contribution in [0.15, 0.2) is 48.6 Å². The van der Waals surface area contributed by atoms with Crippen molar-refractivity contribution in [3.63, 3.8) is 0 Å². The molecule has 6 nitrogen and oxygen atoms in total. The predicted octanol–water partition coefficient (Wildman–Crippen LogP) is 17.1. The van der Waals surface area contributed by atoms with Crippen LogP contribution in [-0.4, -0.2) is 37.2 Å². The Morgan fingerprint density at radius 2 is 0.639 bits per heavy atom. The molecule has 0 N–H and O–H groups in total. The molecule has 0 aromatic heterocycles. The largest absolute Gasteiger partial charge is 0.462 e. The standard InChI is InChI=1S/C55H98O6/c1-4-7-10-13-16-19-22-24-26-28-30-33-36-39-42-45-48-54(57)60-51-52(50-59-53(56)47-44-41-38-35-32-21-18-15-12-9-6-3)61-55(58)49-46-43-40-37-34-31-29-27-25-23-20-17-14-11-8-5-2/h7,10,16,19,24,26,30,33,52H,4-6,8-9,11-15,17-18,20-23,25,27-29,31-32,34-51H2,1-3H3/b10-7-,19-16-,26-24-,33-30-. The first-order valence-electron chi connectivity index (χ1n) is 26.1. The molecule has 0 spiro atoms. The van der Waals surface area contributed by atoms with E-state index in [2.05, 4.69) is 69.4 Å². The Morgan fingerprint density at radius 1 is 0.344 bits per heavy atom. The normalized spacial score (nSPS) is 12.4. The zero-order chi connectivity index (χ0) is 44.4. The van der Waals surface area contributed by atoms with Crippen LogP contribution in [0.5, 0.6) is 0 Å². The van der Waals surface area contributed by atoms with Gasteiger partial charge in [0.1, 0.15) is 13.2 Å². The Balaban J connectivity index is 4.39. The molecule has 0 saturated heterocycles.